The minimum absolute atomic E-state index is 0.00987. The molecule has 220 valence electrons. The highest BCUT2D eigenvalue weighted by molar-refractivity contribution is 6.11. The van der Waals surface area contributed by atoms with E-state index >= 15 is 8.78 Å². The van der Waals surface area contributed by atoms with Crippen molar-refractivity contribution in [2.75, 3.05) is 37.0 Å². The molecule has 0 spiro atoms. The Morgan fingerprint density at radius 2 is 1.83 bits per heavy atom. The van der Waals surface area contributed by atoms with Gasteiger partial charge in [-0.15, -0.1) is 0 Å². The van der Waals surface area contributed by atoms with Gasteiger partial charge in [-0.2, -0.15) is 5.10 Å². The molecule has 0 bridgehead atoms. The van der Waals surface area contributed by atoms with Crippen molar-refractivity contribution < 1.29 is 18.3 Å². The summed E-state index contributed by atoms with van der Waals surface area (Å²) in [6, 6.07) is 4.91. The van der Waals surface area contributed by atoms with Crippen molar-refractivity contribution in [2.24, 2.45) is 7.05 Å². The number of anilines is 2. The van der Waals surface area contributed by atoms with Crippen LogP contribution >= 0.6 is 0 Å². The standard InChI is InChI=1S/C30H33F2N7O3/c1-14(2)23-25(16(4)37(6)35-23)39-28-17(11-19(32)24(34-28)22-18(31)9-8-10-21(22)42-7)26-27(30(39)41)36(5)29(40)20-12-33-15(3)13-38(20)26/h8-11,14-15,20,33H,12-13H2,1-7H3/t15-,20-/m1/s1. The van der Waals surface area contributed by atoms with Gasteiger partial charge in [-0.3, -0.25) is 18.8 Å². The van der Waals surface area contributed by atoms with Gasteiger partial charge in [-0.05, 0) is 38.0 Å². The zero-order valence-corrected chi connectivity index (χ0v) is 24.6. The van der Waals surface area contributed by atoms with E-state index in [1.54, 1.807) is 18.8 Å². The number of pyridine rings is 2. The number of benzene rings is 1. The lowest BCUT2D eigenvalue weighted by Gasteiger charge is -2.46. The Morgan fingerprint density at radius 3 is 2.52 bits per heavy atom. The van der Waals surface area contributed by atoms with Gasteiger partial charge in [0.05, 0.1) is 35.4 Å². The summed E-state index contributed by atoms with van der Waals surface area (Å²) in [5.74, 6) is -1.71. The normalized spacial score (nSPS) is 18.6. The first-order valence-electron chi connectivity index (χ1n) is 13.9. The molecule has 6 rings (SSSR count). The summed E-state index contributed by atoms with van der Waals surface area (Å²) < 4.78 is 39.9. The van der Waals surface area contributed by atoms with E-state index in [1.807, 2.05) is 32.6 Å². The molecular weight excluding hydrogens is 544 g/mol. The molecule has 0 aliphatic carbocycles. The van der Waals surface area contributed by atoms with Crippen LogP contribution in [0.25, 0.3) is 28.0 Å². The molecule has 5 heterocycles. The van der Waals surface area contributed by atoms with Crippen LogP contribution in [0.2, 0.25) is 0 Å². The quantitative estimate of drug-likeness (QED) is 0.396. The summed E-state index contributed by atoms with van der Waals surface area (Å²) in [5.41, 5.74) is 1.56. The van der Waals surface area contributed by atoms with Crippen LogP contribution in [0.5, 0.6) is 5.75 Å². The highest BCUT2D eigenvalue weighted by Crippen LogP contribution is 2.43. The smallest absolute Gasteiger partial charge is 0.283 e. The number of methoxy groups -OCH3 is 1. The van der Waals surface area contributed by atoms with Crippen LogP contribution in [0.1, 0.15) is 38.1 Å². The summed E-state index contributed by atoms with van der Waals surface area (Å²) in [7, 11) is 4.72. The third-order valence-corrected chi connectivity index (χ3v) is 8.33. The number of aromatic nitrogens is 4. The van der Waals surface area contributed by atoms with Gasteiger partial charge in [0, 0.05) is 38.6 Å². The number of fused-ring (bicyclic) bond motifs is 5. The van der Waals surface area contributed by atoms with Crippen LogP contribution < -0.4 is 25.4 Å². The average Bonchev–Trinajstić information content (AvgIpc) is 3.25. The van der Waals surface area contributed by atoms with E-state index in [9.17, 15) is 9.59 Å². The predicted molar refractivity (Wildman–Crippen MR) is 157 cm³/mol. The Morgan fingerprint density at radius 1 is 1.10 bits per heavy atom. The number of rotatable bonds is 4. The largest absolute Gasteiger partial charge is 0.496 e. The molecule has 42 heavy (non-hydrogen) atoms. The number of nitrogens with zero attached hydrogens (tertiary/aromatic N) is 6. The lowest BCUT2D eigenvalue weighted by molar-refractivity contribution is -0.120. The van der Waals surface area contributed by atoms with Crippen molar-refractivity contribution in [1.82, 2.24) is 24.6 Å². The number of carbonyl (C=O) groups excluding carboxylic acids is 1. The Hall–Kier alpha value is -4.32. The van der Waals surface area contributed by atoms with Crippen LogP contribution in [0.15, 0.2) is 29.1 Å². The second-order valence-corrected chi connectivity index (χ2v) is 11.3. The molecule has 1 fully saturated rings. The van der Waals surface area contributed by atoms with Crippen molar-refractivity contribution in [3.8, 4) is 22.7 Å². The van der Waals surface area contributed by atoms with Crippen molar-refractivity contribution in [2.45, 2.75) is 45.7 Å². The fourth-order valence-corrected chi connectivity index (χ4v) is 6.13. The maximum Gasteiger partial charge on any atom is 0.283 e. The van der Waals surface area contributed by atoms with Gasteiger partial charge < -0.3 is 19.9 Å². The fourth-order valence-electron chi connectivity index (χ4n) is 6.13. The molecule has 1 aromatic carbocycles. The maximum absolute atomic E-state index is 16.2. The lowest BCUT2D eigenvalue weighted by Crippen LogP contribution is -2.64. The molecule has 1 N–H and O–H groups in total. The van der Waals surface area contributed by atoms with E-state index in [0.717, 1.165) is 0 Å². The Balaban J connectivity index is 1.81. The first-order chi connectivity index (χ1) is 20.0. The van der Waals surface area contributed by atoms with Gasteiger partial charge in [0.2, 0.25) is 0 Å². The van der Waals surface area contributed by atoms with Crippen molar-refractivity contribution in [3.63, 3.8) is 0 Å². The number of hydrogen-bond donors (Lipinski definition) is 1. The van der Waals surface area contributed by atoms with Crippen LogP contribution in [-0.2, 0) is 11.8 Å². The molecule has 0 radical (unpaired) electrons. The fraction of sp³-hybridized carbons (Fsp3) is 0.400. The van der Waals surface area contributed by atoms with E-state index in [-0.39, 0.29) is 46.2 Å². The molecule has 2 atom stereocenters. The number of carbonyl (C=O) groups is 1. The summed E-state index contributed by atoms with van der Waals surface area (Å²) in [4.78, 5) is 36.1. The SMILES string of the molecule is COc1cccc(F)c1-c1nc2c(cc1F)c1c(c(=O)n2-c2c(C(C)C)nn(C)c2C)N(C)C(=O)[C@H]2CN[C@H](C)CN12. The molecule has 12 heteroatoms. The molecule has 1 amide bonds. The van der Waals surface area contributed by atoms with Crippen LogP contribution in [-0.4, -0.2) is 64.6 Å². The predicted octanol–water partition coefficient (Wildman–Crippen LogP) is 3.65. The maximum atomic E-state index is 16.2. The number of hydrogen-bond acceptors (Lipinski definition) is 7. The summed E-state index contributed by atoms with van der Waals surface area (Å²) in [5, 5.41) is 8.33. The summed E-state index contributed by atoms with van der Waals surface area (Å²) >= 11 is 0. The minimum Gasteiger partial charge on any atom is -0.496 e. The number of piperazine rings is 1. The first kappa shape index (κ1) is 27.8. The number of halogens is 2. The molecular formula is C30H33F2N7O3. The highest BCUT2D eigenvalue weighted by atomic mass is 19.1. The number of amides is 1. The van der Waals surface area contributed by atoms with Crippen LogP contribution in [0.4, 0.5) is 20.2 Å². The second-order valence-electron chi connectivity index (χ2n) is 11.3. The van der Waals surface area contributed by atoms with E-state index < -0.39 is 23.2 Å². The average molecular weight is 578 g/mol. The van der Waals surface area contributed by atoms with Gasteiger partial charge in [-0.25, -0.2) is 13.8 Å². The molecule has 2 aliphatic rings. The minimum atomic E-state index is -0.787. The monoisotopic (exact) mass is 577 g/mol. The zero-order chi connectivity index (χ0) is 30.2. The topological polar surface area (TPSA) is 97.5 Å². The number of ether oxygens (including phenoxy) is 1. The Labute approximate surface area is 241 Å². The number of nitrogens with one attached hydrogen (secondary N) is 1. The molecule has 0 unspecified atom stereocenters. The molecule has 10 nitrogen and oxygen atoms in total. The van der Waals surface area contributed by atoms with Crippen LogP contribution in [0, 0.1) is 18.6 Å². The van der Waals surface area contributed by atoms with E-state index in [4.69, 9.17) is 9.72 Å². The number of aryl methyl sites for hydroxylation is 1. The third-order valence-electron chi connectivity index (χ3n) is 8.33. The zero-order valence-electron chi connectivity index (χ0n) is 24.6. The van der Waals surface area contributed by atoms with E-state index in [2.05, 4.69) is 10.4 Å². The van der Waals surface area contributed by atoms with Gasteiger partial charge in [0.15, 0.2) is 11.5 Å². The van der Waals surface area contributed by atoms with Gasteiger partial charge in [-0.1, -0.05) is 19.9 Å². The molecule has 4 aromatic rings. The Bertz CT molecular complexity index is 1830. The first-order valence-corrected chi connectivity index (χ1v) is 13.9. The lowest BCUT2D eigenvalue weighted by atomic mass is 9.99. The molecule has 1 saturated heterocycles. The highest BCUT2D eigenvalue weighted by Gasteiger charge is 2.43. The van der Waals surface area contributed by atoms with Crippen molar-refractivity contribution in [3.05, 3.63) is 57.6 Å². The van der Waals surface area contributed by atoms with Crippen LogP contribution in [0.3, 0.4) is 0 Å². The molecule has 2 aliphatic heterocycles. The van der Waals surface area contributed by atoms with E-state index in [0.29, 0.717) is 41.2 Å². The van der Waals surface area contributed by atoms with Gasteiger partial charge in [0.1, 0.15) is 29.0 Å². The van der Waals surface area contributed by atoms with Gasteiger partial charge in [0.25, 0.3) is 11.5 Å². The third kappa shape index (κ3) is 3.92. The van der Waals surface area contributed by atoms with E-state index in [1.165, 1.54) is 40.8 Å². The van der Waals surface area contributed by atoms with Crippen molar-refractivity contribution >= 4 is 28.3 Å². The number of likely N-dealkylation sites (N-methyl/N-ethyl adjacent to an activating group) is 1. The van der Waals surface area contributed by atoms with Crippen molar-refractivity contribution in [1.29, 1.82) is 0 Å². The van der Waals surface area contributed by atoms with Gasteiger partial charge >= 0.3 is 0 Å². The molecule has 0 saturated carbocycles. The summed E-state index contributed by atoms with van der Waals surface area (Å²) in [6.07, 6.45) is 0. The Kier molecular flexibility index (Phi) is 6.56. The molecule has 3 aromatic heterocycles. The second kappa shape index (κ2) is 9.90. The summed E-state index contributed by atoms with van der Waals surface area (Å²) in [6.45, 7) is 8.53.